The average Bonchev–Trinajstić information content (AvgIpc) is 2.24. The number of nitrogens with two attached hydrogens (primary N) is 1. The summed E-state index contributed by atoms with van der Waals surface area (Å²) in [6.07, 6.45) is 0.189. The molecule has 0 aromatic rings. The Morgan fingerprint density at radius 2 is 1.94 bits per heavy atom. The molecule has 17 heavy (non-hydrogen) atoms. The number of primary amides is 1. The first-order valence-electron chi connectivity index (χ1n) is 5.16. The van der Waals surface area contributed by atoms with Crippen molar-refractivity contribution in [1.82, 2.24) is 4.31 Å². The summed E-state index contributed by atoms with van der Waals surface area (Å²) in [5.41, 5.74) is 4.94. The highest BCUT2D eigenvalue weighted by Crippen LogP contribution is 2.05. The first-order valence-corrected chi connectivity index (χ1v) is 6.77. The molecule has 0 heterocycles. The molecule has 2 N–H and O–H groups in total. The Hall–Kier alpha value is -1.15. The topological polar surface area (TPSA) is 107 Å². The number of carbonyl (C=O) groups excluding carboxylic acids is 2. The van der Waals surface area contributed by atoms with Crippen LogP contribution >= 0.6 is 0 Å². The zero-order valence-electron chi connectivity index (χ0n) is 10.0. The maximum Gasteiger partial charge on any atom is 0.305 e. The molecule has 0 fully saturated rings. The predicted molar refractivity (Wildman–Crippen MR) is 61.5 cm³/mol. The lowest BCUT2D eigenvalue weighted by molar-refractivity contribution is -0.140. The molecule has 100 valence electrons. The minimum atomic E-state index is -3.55. The fraction of sp³-hybridized carbons (Fsp3) is 0.778. The van der Waals surface area contributed by atoms with E-state index in [4.69, 9.17) is 5.73 Å². The Morgan fingerprint density at radius 3 is 2.35 bits per heavy atom. The fourth-order valence-electron chi connectivity index (χ4n) is 1.21. The molecule has 0 radical (unpaired) electrons. The molecule has 0 spiro atoms. The molecule has 0 saturated carbocycles. The summed E-state index contributed by atoms with van der Waals surface area (Å²) in [4.78, 5) is 21.5. The highest BCUT2D eigenvalue weighted by atomic mass is 32.2. The summed E-state index contributed by atoms with van der Waals surface area (Å²) in [5.74, 6) is -1.37. The second-order valence-electron chi connectivity index (χ2n) is 3.39. The third kappa shape index (κ3) is 6.22. The summed E-state index contributed by atoms with van der Waals surface area (Å²) in [6, 6.07) is 0. The van der Waals surface area contributed by atoms with Crippen molar-refractivity contribution in [3.63, 3.8) is 0 Å². The normalized spacial score (nSPS) is 11.5. The van der Waals surface area contributed by atoms with E-state index in [9.17, 15) is 18.0 Å². The number of carbonyl (C=O) groups is 2. The number of rotatable bonds is 8. The van der Waals surface area contributed by atoms with Crippen molar-refractivity contribution in [2.45, 2.75) is 19.8 Å². The van der Waals surface area contributed by atoms with Gasteiger partial charge in [0.1, 0.15) is 0 Å². The maximum absolute atomic E-state index is 11.7. The van der Waals surface area contributed by atoms with E-state index in [1.54, 1.807) is 6.92 Å². The molecular weight excluding hydrogens is 248 g/mol. The molecule has 0 bridgehead atoms. The van der Waals surface area contributed by atoms with E-state index in [0.717, 1.165) is 4.31 Å². The van der Waals surface area contributed by atoms with Gasteiger partial charge in [0.2, 0.25) is 15.9 Å². The molecule has 0 rings (SSSR count). The molecular formula is C9H18N2O5S. The fourth-order valence-corrected chi connectivity index (χ4v) is 2.70. The number of nitrogens with zero attached hydrogens (tertiary/aromatic N) is 1. The summed E-state index contributed by atoms with van der Waals surface area (Å²) < 4.78 is 28.9. The third-order valence-corrected chi connectivity index (χ3v) is 4.07. The van der Waals surface area contributed by atoms with Crippen LogP contribution in [0.1, 0.15) is 19.8 Å². The Morgan fingerprint density at radius 1 is 1.35 bits per heavy atom. The Labute approximate surface area is 101 Å². The summed E-state index contributed by atoms with van der Waals surface area (Å²) in [5, 5.41) is 0. The lowest BCUT2D eigenvalue weighted by Gasteiger charge is -2.18. The van der Waals surface area contributed by atoms with Gasteiger partial charge in [-0.3, -0.25) is 9.59 Å². The van der Waals surface area contributed by atoms with Crippen LogP contribution in [0.2, 0.25) is 0 Å². The molecule has 0 unspecified atom stereocenters. The van der Waals surface area contributed by atoms with Crippen LogP contribution in [0.5, 0.6) is 0 Å². The SMILES string of the molecule is CCN(CC(N)=O)S(=O)(=O)CCCC(=O)OC. The van der Waals surface area contributed by atoms with Crippen molar-refractivity contribution < 1.29 is 22.7 Å². The highest BCUT2D eigenvalue weighted by Gasteiger charge is 2.21. The van der Waals surface area contributed by atoms with Gasteiger partial charge < -0.3 is 10.5 Å². The zero-order valence-corrected chi connectivity index (χ0v) is 10.8. The van der Waals surface area contributed by atoms with Crippen LogP contribution in [-0.4, -0.2) is 50.6 Å². The molecule has 0 aliphatic rings. The zero-order chi connectivity index (χ0) is 13.5. The molecule has 0 saturated heterocycles. The minimum absolute atomic E-state index is 0.0316. The summed E-state index contributed by atoms with van der Waals surface area (Å²) in [6.45, 7) is 1.45. The average molecular weight is 266 g/mol. The number of esters is 1. The van der Waals surface area contributed by atoms with Gasteiger partial charge in [0.05, 0.1) is 19.4 Å². The second-order valence-corrected chi connectivity index (χ2v) is 5.48. The lowest BCUT2D eigenvalue weighted by atomic mass is 10.3. The minimum Gasteiger partial charge on any atom is -0.469 e. The number of methoxy groups -OCH3 is 1. The van der Waals surface area contributed by atoms with Gasteiger partial charge in [-0.05, 0) is 6.42 Å². The van der Waals surface area contributed by atoms with E-state index in [1.165, 1.54) is 7.11 Å². The molecule has 0 atom stereocenters. The van der Waals surface area contributed by atoms with Gasteiger partial charge in [0.25, 0.3) is 0 Å². The van der Waals surface area contributed by atoms with E-state index in [2.05, 4.69) is 4.74 Å². The first-order chi connectivity index (χ1) is 7.83. The van der Waals surface area contributed by atoms with E-state index in [1.807, 2.05) is 0 Å². The number of hydrogen-bond acceptors (Lipinski definition) is 5. The number of ether oxygens (including phenoxy) is 1. The van der Waals surface area contributed by atoms with Crippen LogP contribution in [0.25, 0.3) is 0 Å². The van der Waals surface area contributed by atoms with Crippen molar-refractivity contribution >= 4 is 21.9 Å². The number of sulfonamides is 1. The number of hydrogen-bond donors (Lipinski definition) is 1. The quantitative estimate of drug-likeness (QED) is 0.571. The lowest BCUT2D eigenvalue weighted by Crippen LogP contribution is -2.39. The molecule has 0 aliphatic carbocycles. The first kappa shape index (κ1) is 15.9. The molecule has 7 nitrogen and oxygen atoms in total. The van der Waals surface area contributed by atoms with Crippen LogP contribution in [0, 0.1) is 0 Å². The molecule has 0 aromatic heterocycles. The van der Waals surface area contributed by atoms with Crippen LogP contribution < -0.4 is 5.73 Å². The Kier molecular flexibility index (Phi) is 6.74. The van der Waals surface area contributed by atoms with Crippen molar-refractivity contribution in [3.8, 4) is 0 Å². The smallest absolute Gasteiger partial charge is 0.305 e. The van der Waals surface area contributed by atoms with Crippen LogP contribution in [-0.2, 0) is 24.3 Å². The van der Waals surface area contributed by atoms with Gasteiger partial charge in [0, 0.05) is 13.0 Å². The van der Waals surface area contributed by atoms with Crippen molar-refractivity contribution in [1.29, 1.82) is 0 Å². The van der Waals surface area contributed by atoms with Crippen molar-refractivity contribution in [3.05, 3.63) is 0 Å². The van der Waals surface area contributed by atoms with Gasteiger partial charge in [-0.25, -0.2) is 8.42 Å². The molecule has 8 heteroatoms. The largest absolute Gasteiger partial charge is 0.469 e. The van der Waals surface area contributed by atoms with E-state index < -0.39 is 21.9 Å². The molecule has 1 amide bonds. The van der Waals surface area contributed by atoms with E-state index in [-0.39, 0.29) is 31.7 Å². The highest BCUT2D eigenvalue weighted by molar-refractivity contribution is 7.89. The molecule has 0 aliphatic heterocycles. The van der Waals surface area contributed by atoms with Gasteiger partial charge in [-0.1, -0.05) is 6.92 Å². The van der Waals surface area contributed by atoms with Crippen molar-refractivity contribution in [2.75, 3.05) is 26.0 Å². The number of amides is 1. The second kappa shape index (κ2) is 7.23. The summed E-state index contributed by atoms with van der Waals surface area (Å²) >= 11 is 0. The van der Waals surface area contributed by atoms with Crippen molar-refractivity contribution in [2.24, 2.45) is 5.73 Å². The van der Waals surface area contributed by atoms with Crippen LogP contribution in [0.15, 0.2) is 0 Å². The van der Waals surface area contributed by atoms with Gasteiger partial charge >= 0.3 is 5.97 Å². The van der Waals surface area contributed by atoms with E-state index >= 15 is 0 Å². The standard InChI is InChI=1S/C9H18N2O5S/c1-3-11(7-8(10)12)17(14,15)6-4-5-9(13)16-2/h3-7H2,1-2H3,(H2,10,12). The van der Waals surface area contributed by atoms with Gasteiger partial charge in [0.15, 0.2) is 0 Å². The van der Waals surface area contributed by atoms with Crippen LogP contribution in [0.3, 0.4) is 0 Å². The van der Waals surface area contributed by atoms with E-state index in [0.29, 0.717) is 0 Å². The Balaban J connectivity index is 4.34. The monoisotopic (exact) mass is 266 g/mol. The van der Waals surface area contributed by atoms with Gasteiger partial charge in [-0.2, -0.15) is 4.31 Å². The molecule has 0 aromatic carbocycles. The Bertz CT molecular complexity index is 366. The predicted octanol–water partition coefficient (Wildman–Crippen LogP) is -0.923. The number of likely N-dealkylation sites (N-methyl/N-ethyl adjacent to an activating group) is 1. The summed E-state index contributed by atoms with van der Waals surface area (Å²) in [7, 11) is -2.31. The van der Waals surface area contributed by atoms with Gasteiger partial charge in [-0.15, -0.1) is 0 Å². The van der Waals surface area contributed by atoms with Crippen LogP contribution in [0.4, 0.5) is 0 Å². The third-order valence-electron chi connectivity index (χ3n) is 2.09. The maximum atomic E-state index is 11.7.